The second-order valence-corrected chi connectivity index (χ2v) is 3.47. The lowest BCUT2D eigenvalue weighted by Gasteiger charge is -2.26. The van der Waals surface area contributed by atoms with E-state index in [4.69, 9.17) is 0 Å². The number of nitrogens with zero attached hydrogens (tertiary/aromatic N) is 1. The maximum atomic E-state index is 11.6. The van der Waals surface area contributed by atoms with Crippen molar-refractivity contribution in [2.45, 2.75) is 0 Å². The first-order valence-corrected chi connectivity index (χ1v) is 4.83. The minimum atomic E-state index is -0.198. The second kappa shape index (κ2) is 4.14. The van der Waals surface area contributed by atoms with E-state index >= 15 is 0 Å². The van der Waals surface area contributed by atoms with Crippen molar-refractivity contribution in [2.75, 3.05) is 18.0 Å². The first kappa shape index (κ1) is 10.4. The zero-order valence-electron chi connectivity index (χ0n) is 8.47. The van der Waals surface area contributed by atoms with E-state index in [1.165, 1.54) is 4.90 Å². The fraction of sp³-hybridized carbons (Fsp3) is 0.182. The average molecular weight is 218 g/mol. The number of aldehydes is 1. The molecule has 0 spiro atoms. The molecule has 16 heavy (non-hydrogen) atoms. The Morgan fingerprint density at radius 1 is 1.31 bits per heavy atom. The lowest BCUT2D eigenvalue weighted by molar-refractivity contribution is -0.128. The molecule has 2 rings (SSSR count). The summed E-state index contributed by atoms with van der Waals surface area (Å²) < 4.78 is 0. The van der Waals surface area contributed by atoms with E-state index < -0.39 is 0 Å². The van der Waals surface area contributed by atoms with Crippen molar-refractivity contribution in [3.05, 3.63) is 29.8 Å². The van der Waals surface area contributed by atoms with E-state index in [2.05, 4.69) is 5.32 Å². The summed E-state index contributed by atoms with van der Waals surface area (Å²) in [5, 5.41) is 2.46. The SMILES string of the molecule is O=Cc1cccc(N2CC(=O)NCC2=O)c1. The molecule has 1 aliphatic heterocycles. The lowest BCUT2D eigenvalue weighted by Crippen LogP contribution is -2.51. The Morgan fingerprint density at radius 3 is 2.88 bits per heavy atom. The number of hydrogen-bond donors (Lipinski definition) is 1. The summed E-state index contributed by atoms with van der Waals surface area (Å²) >= 11 is 0. The Balaban J connectivity index is 2.30. The summed E-state index contributed by atoms with van der Waals surface area (Å²) in [6.45, 7) is 0.00525. The fourth-order valence-electron chi connectivity index (χ4n) is 1.56. The maximum Gasteiger partial charge on any atom is 0.246 e. The van der Waals surface area contributed by atoms with Crippen molar-refractivity contribution in [3.63, 3.8) is 0 Å². The Morgan fingerprint density at radius 2 is 2.12 bits per heavy atom. The topological polar surface area (TPSA) is 66.5 Å². The molecule has 0 saturated carbocycles. The van der Waals surface area contributed by atoms with Gasteiger partial charge in [0.1, 0.15) is 12.8 Å². The van der Waals surface area contributed by atoms with Crippen LogP contribution in [0.15, 0.2) is 24.3 Å². The predicted octanol–water partition coefficient (Wildman–Crippen LogP) is -0.0381. The predicted molar refractivity (Wildman–Crippen MR) is 57.2 cm³/mol. The van der Waals surface area contributed by atoms with Crippen LogP contribution in [0.1, 0.15) is 10.4 Å². The molecule has 1 heterocycles. The molecule has 0 aromatic heterocycles. The van der Waals surface area contributed by atoms with E-state index in [1.54, 1.807) is 24.3 Å². The van der Waals surface area contributed by atoms with Gasteiger partial charge in [0, 0.05) is 11.3 Å². The molecule has 5 nitrogen and oxygen atoms in total. The van der Waals surface area contributed by atoms with Crippen molar-refractivity contribution < 1.29 is 14.4 Å². The molecule has 1 fully saturated rings. The molecule has 1 N–H and O–H groups in total. The molecule has 1 aromatic carbocycles. The van der Waals surface area contributed by atoms with Crippen molar-refractivity contribution in [2.24, 2.45) is 0 Å². The Kier molecular flexibility index (Phi) is 2.68. The van der Waals surface area contributed by atoms with Gasteiger partial charge in [-0.15, -0.1) is 0 Å². The molecule has 0 aliphatic carbocycles. The highest BCUT2D eigenvalue weighted by molar-refractivity contribution is 6.04. The quantitative estimate of drug-likeness (QED) is 0.708. The summed E-state index contributed by atoms with van der Waals surface area (Å²) in [5.41, 5.74) is 1.06. The Hall–Kier alpha value is -2.17. The molecule has 0 bridgehead atoms. The summed E-state index contributed by atoms with van der Waals surface area (Å²) in [4.78, 5) is 34.7. The third-order valence-corrected chi connectivity index (χ3v) is 2.36. The molecule has 0 atom stereocenters. The number of piperazine rings is 1. The van der Waals surface area contributed by atoms with Gasteiger partial charge in [-0.1, -0.05) is 12.1 Å². The van der Waals surface area contributed by atoms with E-state index in [1.807, 2.05) is 0 Å². The van der Waals surface area contributed by atoms with Gasteiger partial charge in [-0.25, -0.2) is 0 Å². The van der Waals surface area contributed by atoms with Gasteiger partial charge in [-0.3, -0.25) is 14.4 Å². The van der Waals surface area contributed by atoms with Gasteiger partial charge in [0.25, 0.3) is 0 Å². The first-order valence-electron chi connectivity index (χ1n) is 4.83. The highest BCUT2D eigenvalue weighted by Crippen LogP contribution is 2.16. The van der Waals surface area contributed by atoms with Gasteiger partial charge in [-0.05, 0) is 12.1 Å². The van der Waals surface area contributed by atoms with Crippen LogP contribution < -0.4 is 10.2 Å². The Bertz CT molecular complexity index is 456. The van der Waals surface area contributed by atoms with Gasteiger partial charge in [-0.2, -0.15) is 0 Å². The molecular weight excluding hydrogens is 208 g/mol. The molecule has 5 heteroatoms. The summed E-state index contributed by atoms with van der Waals surface area (Å²) in [6.07, 6.45) is 0.706. The van der Waals surface area contributed by atoms with Crippen LogP contribution in [-0.2, 0) is 9.59 Å². The second-order valence-electron chi connectivity index (χ2n) is 3.47. The number of amides is 2. The molecule has 1 saturated heterocycles. The maximum absolute atomic E-state index is 11.6. The van der Waals surface area contributed by atoms with Crippen LogP contribution in [0.3, 0.4) is 0 Å². The largest absolute Gasteiger partial charge is 0.345 e. The first-order chi connectivity index (χ1) is 7.70. The van der Waals surface area contributed by atoms with Gasteiger partial charge in [0.05, 0.1) is 6.54 Å². The van der Waals surface area contributed by atoms with E-state index in [-0.39, 0.29) is 24.9 Å². The van der Waals surface area contributed by atoms with E-state index in [0.717, 1.165) is 0 Å². The summed E-state index contributed by atoms with van der Waals surface area (Å²) in [7, 11) is 0. The average Bonchev–Trinajstić information content (AvgIpc) is 2.32. The van der Waals surface area contributed by atoms with E-state index in [9.17, 15) is 14.4 Å². The van der Waals surface area contributed by atoms with Crippen LogP contribution in [0.2, 0.25) is 0 Å². The third-order valence-electron chi connectivity index (χ3n) is 2.36. The molecule has 1 aromatic rings. The molecule has 0 unspecified atom stereocenters. The monoisotopic (exact) mass is 218 g/mol. The minimum Gasteiger partial charge on any atom is -0.345 e. The van der Waals surface area contributed by atoms with Crippen molar-refractivity contribution in [1.29, 1.82) is 0 Å². The van der Waals surface area contributed by atoms with Crippen molar-refractivity contribution >= 4 is 23.8 Å². The zero-order valence-corrected chi connectivity index (χ0v) is 8.47. The number of anilines is 1. The summed E-state index contributed by atoms with van der Waals surface area (Å²) in [6, 6.07) is 6.61. The van der Waals surface area contributed by atoms with E-state index in [0.29, 0.717) is 17.5 Å². The van der Waals surface area contributed by atoms with Gasteiger partial charge in [0.15, 0.2) is 0 Å². The third kappa shape index (κ3) is 1.93. The van der Waals surface area contributed by atoms with Crippen LogP contribution in [0, 0.1) is 0 Å². The normalized spacial score (nSPS) is 15.9. The number of benzene rings is 1. The number of hydrogen-bond acceptors (Lipinski definition) is 3. The highest BCUT2D eigenvalue weighted by atomic mass is 16.2. The van der Waals surface area contributed by atoms with Gasteiger partial charge >= 0.3 is 0 Å². The van der Waals surface area contributed by atoms with Crippen LogP contribution in [-0.4, -0.2) is 31.2 Å². The molecule has 82 valence electrons. The Labute approximate surface area is 92.0 Å². The zero-order chi connectivity index (χ0) is 11.5. The number of carbonyl (C=O) groups excluding carboxylic acids is 3. The number of nitrogens with one attached hydrogen (secondary N) is 1. The van der Waals surface area contributed by atoms with Gasteiger partial charge in [0.2, 0.25) is 11.8 Å². The van der Waals surface area contributed by atoms with Crippen LogP contribution in [0.25, 0.3) is 0 Å². The van der Waals surface area contributed by atoms with Crippen molar-refractivity contribution in [3.8, 4) is 0 Å². The summed E-state index contributed by atoms with van der Waals surface area (Å²) in [5.74, 6) is -0.376. The molecular formula is C11H10N2O3. The molecule has 0 radical (unpaired) electrons. The fourth-order valence-corrected chi connectivity index (χ4v) is 1.56. The van der Waals surface area contributed by atoms with Crippen molar-refractivity contribution in [1.82, 2.24) is 5.32 Å². The van der Waals surface area contributed by atoms with Crippen LogP contribution in [0.4, 0.5) is 5.69 Å². The molecule has 1 aliphatic rings. The number of carbonyl (C=O) groups is 3. The minimum absolute atomic E-state index is 0.00113. The van der Waals surface area contributed by atoms with Crippen LogP contribution in [0.5, 0.6) is 0 Å². The number of rotatable bonds is 2. The smallest absolute Gasteiger partial charge is 0.246 e. The van der Waals surface area contributed by atoms with Crippen LogP contribution >= 0.6 is 0 Å². The highest BCUT2D eigenvalue weighted by Gasteiger charge is 2.24. The van der Waals surface area contributed by atoms with Gasteiger partial charge < -0.3 is 10.2 Å². The standard InChI is InChI=1S/C11H10N2O3/c14-7-8-2-1-3-9(4-8)13-6-10(15)12-5-11(13)16/h1-4,7H,5-6H2,(H,12,15). The molecule has 2 amide bonds. The lowest BCUT2D eigenvalue weighted by atomic mass is 10.2.